The van der Waals surface area contributed by atoms with Crippen LogP contribution in [0.4, 0.5) is 0 Å². The lowest BCUT2D eigenvalue weighted by atomic mass is 9.99. The van der Waals surface area contributed by atoms with Crippen LogP contribution >= 0.6 is 24.0 Å². The van der Waals surface area contributed by atoms with Gasteiger partial charge in [-0.1, -0.05) is 11.6 Å². The molecule has 1 fully saturated rings. The minimum absolute atomic E-state index is 0. The monoisotopic (exact) mass is 290 g/mol. The molecule has 0 aliphatic carbocycles. The molecule has 1 aliphatic heterocycles. The van der Waals surface area contributed by atoms with Crippen molar-refractivity contribution in [3.63, 3.8) is 0 Å². The van der Waals surface area contributed by atoms with Gasteiger partial charge in [0.15, 0.2) is 0 Å². The Balaban J connectivity index is 0.00000162. The van der Waals surface area contributed by atoms with Crippen LogP contribution in [0.25, 0.3) is 0 Å². The number of ether oxygens (including phenoxy) is 1. The third kappa shape index (κ3) is 4.44. The summed E-state index contributed by atoms with van der Waals surface area (Å²) < 4.78 is 5.23. The summed E-state index contributed by atoms with van der Waals surface area (Å²) in [6, 6.07) is 3.15. The number of pyridine rings is 1. The third-order valence-electron chi connectivity index (χ3n) is 2.84. The Morgan fingerprint density at radius 2 is 2.22 bits per heavy atom. The van der Waals surface area contributed by atoms with E-state index < -0.39 is 5.97 Å². The molecule has 0 atom stereocenters. The van der Waals surface area contributed by atoms with Gasteiger partial charge in [-0.25, -0.2) is 9.78 Å². The smallest absolute Gasteiger partial charge is 0.356 e. The Kier molecular flexibility index (Phi) is 6.39. The van der Waals surface area contributed by atoms with Gasteiger partial charge in [-0.3, -0.25) is 0 Å². The first-order chi connectivity index (χ1) is 8.25. The van der Waals surface area contributed by atoms with Crippen molar-refractivity contribution in [3.8, 4) is 0 Å². The van der Waals surface area contributed by atoms with Gasteiger partial charge in [0.25, 0.3) is 0 Å². The fourth-order valence-electron chi connectivity index (χ4n) is 1.83. The molecule has 0 unspecified atom stereocenters. The summed E-state index contributed by atoms with van der Waals surface area (Å²) in [7, 11) is 0. The molecule has 1 aromatic heterocycles. The predicted molar refractivity (Wildman–Crippen MR) is 72.4 cm³/mol. The average molecular weight is 291 g/mol. The van der Waals surface area contributed by atoms with Crippen molar-refractivity contribution in [1.29, 1.82) is 0 Å². The van der Waals surface area contributed by atoms with Gasteiger partial charge < -0.3 is 10.1 Å². The first-order valence-electron chi connectivity index (χ1n) is 5.75. The van der Waals surface area contributed by atoms with E-state index in [0.29, 0.717) is 17.5 Å². The fraction of sp³-hybridized carbons (Fsp3) is 0.500. The molecule has 0 radical (unpaired) electrons. The van der Waals surface area contributed by atoms with Gasteiger partial charge in [0.05, 0.1) is 6.61 Å². The molecule has 1 aliphatic rings. The lowest BCUT2D eigenvalue weighted by Crippen LogP contribution is -2.30. The molecule has 1 aromatic rings. The van der Waals surface area contributed by atoms with E-state index in [1.165, 1.54) is 12.3 Å². The van der Waals surface area contributed by atoms with Crippen LogP contribution in [0, 0.1) is 5.92 Å². The van der Waals surface area contributed by atoms with Gasteiger partial charge in [-0.05, 0) is 44.0 Å². The Bertz CT molecular complexity index is 395. The van der Waals surface area contributed by atoms with Crippen LogP contribution in [0.2, 0.25) is 5.02 Å². The minimum Gasteiger partial charge on any atom is -0.461 e. The normalized spacial score (nSPS) is 15.8. The molecular formula is C12H16Cl2N2O2. The number of hydrogen-bond donors (Lipinski definition) is 1. The summed E-state index contributed by atoms with van der Waals surface area (Å²) in [5.74, 6) is 0.0606. The van der Waals surface area contributed by atoms with Crippen molar-refractivity contribution in [3.05, 3.63) is 29.0 Å². The maximum Gasteiger partial charge on any atom is 0.356 e. The summed E-state index contributed by atoms with van der Waals surface area (Å²) in [5, 5.41) is 3.77. The second-order valence-corrected chi connectivity index (χ2v) is 4.59. The molecule has 18 heavy (non-hydrogen) atoms. The molecule has 100 valence electrons. The molecule has 0 saturated carbocycles. The van der Waals surface area contributed by atoms with E-state index in [2.05, 4.69) is 10.3 Å². The average Bonchev–Trinajstić information content (AvgIpc) is 2.37. The van der Waals surface area contributed by atoms with E-state index in [0.717, 1.165) is 25.9 Å². The van der Waals surface area contributed by atoms with Gasteiger partial charge in [0, 0.05) is 11.2 Å². The number of esters is 1. The molecule has 1 saturated heterocycles. The molecule has 2 rings (SSSR count). The van der Waals surface area contributed by atoms with Crippen molar-refractivity contribution in [2.24, 2.45) is 5.92 Å². The first kappa shape index (κ1) is 15.2. The number of carbonyl (C=O) groups excluding carboxylic acids is 1. The highest BCUT2D eigenvalue weighted by Crippen LogP contribution is 2.13. The fourth-order valence-corrected chi connectivity index (χ4v) is 1.99. The number of nitrogens with one attached hydrogen (secondary N) is 1. The Morgan fingerprint density at radius 3 is 2.89 bits per heavy atom. The number of rotatable bonds is 3. The number of nitrogens with zero attached hydrogens (tertiary/aromatic N) is 1. The SMILES string of the molecule is Cl.O=C(OCC1CCNCC1)c1cc(Cl)ccn1. The maximum atomic E-state index is 11.7. The summed E-state index contributed by atoms with van der Waals surface area (Å²) in [4.78, 5) is 15.6. The zero-order valence-corrected chi connectivity index (χ0v) is 11.5. The van der Waals surface area contributed by atoms with Crippen LogP contribution in [-0.4, -0.2) is 30.6 Å². The van der Waals surface area contributed by atoms with Crippen LogP contribution in [-0.2, 0) is 4.74 Å². The highest BCUT2D eigenvalue weighted by atomic mass is 35.5. The zero-order valence-electron chi connectivity index (χ0n) is 9.89. The van der Waals surface area contributed by atoms with Crippen molar-refractivity contribution in [2.45, 2.75) is 12.8 Å². The van der Waals surface area contributed by atoms with Crippen LogP contribution in [0.15, 0.2) is 18.3 Å². The van der Waals surface area contributed by atoms with Crippen molar-refractivity contribution in [1.82, 2.24) is 10.3 Å². The number of carbonyl (C=O) groups is 1. The summed E-state index contributed by atoms with van der Waals surface area (Å²) in [5.41, 5.74) is 0.270. The largest absolute Gasteiger partial charge is 0.461 e. The topological polar surface area (TPSA) is 51.2 Å². The Morgan fingerprint density at radius 1 is 1.50 bits per heavy atom. The van der Waals surface area contributed by atoms with Crippen molar-refractivity contribution in [2.75, 3.05) is 19.7 Å². The second kappa shape index (κ2) is 7.56. The van der Waals surface area contributed by atoms with Gasteiger partial charge in [-0.15, -0.1) is 12.4 Å². The van der Waals surface area contributed by atoms with Crippen molar-refractivity contribution < 1.29 is 9.53 Å². The summed E-state index contributed by atoms with van der Waals surface area (Å²) in [6.45, 7) is 2.46. The van der Waals surface area contributed by atoms with Gasteiger partial charge in [-0.2, -0.15) is 0 Å². The molecule has 0 spiro atoms. The Hall–Kier alpha value is -0.840. The highest BCUT2D eigenvalue weighted by molar-refractivity contribution is 6.30. The molecule has 0 bridgehead atoms. The molecule has 0 amide bonds. The van der Waals surface area contributed by atoms with E-state index in [1.54, 1.807) is 6.07 Å². The third-order valence-corrected chi connectivity index (χ3v) is 3.08. The molecule has 1 N–H and O–H groups in total. The van der Waals surface area contributed by atoms with Gasteiger partial charge in [0.1, 0.15) is 5.69 Å². The number of hydrogen-bond acceptors (Lipinski definition) is 4. The quantitative estimate of drug-likeness (QED) is 0.868. The number of aromatic nitrogens is 1. The lowest BCUT2D eigenvalue weighted by molar-refractivity contribution is 0.0409. The van der Waals surface area contributed by atoms with Crippen LogP contribution in [0.1, 0.15) is 23.3 Å². The van der Waals surface area contributed by atoms with Crippen LogP contribution < -0.4 is 5.32 Å². The lowest BCUT2D eigenvalue weighted by Gasteiger charge is -2.21. The molecule has 6 heteroatoms. The van der Waals surface area contributed by atoms with Gasteiger partial charge >= 0.3 is 5.97 Å². The van der Waals surface area contributed by atoms with E-state index >= 15 is 0 Å². The molecular weight excluding hydrogens is 275 g/mol. The predicted octanol–water partition coefficient (Wildman–Crippen LogP) is 2.31. The zero-order chi connectivity index (χ0) is 12.1. The van der Waals surface area contributed by atoms with E-state index in [1.807, 2.05) is 0 Å². The minimum atomic E-state index is -0.397. The first-order valence-corrected chi connectivity index (χ1v) is 6.13. The standard InChI is InChI=1S/C12H15ClN2O2.ClH/c13-10-3-6-15-11(7-10)12(16)17-8-9-1-4-14-5-2-9;/h3,6-7,9,14H,1-2,4-5,8H2;1H. The van der Waals surface area contributed by atoms with Crippen LogP contribution in [0.5, 0.6) is 0 Å². The number of halogens is 2. The molecule has 0 aromatic carbocycles. The maximum absolute atomic E-state index is 11.7. The molecule has 4 nitrogen and oxygen atoms in total. The van der Waals surface area contributed by atoms with E-state index in [-0.39, 0.29) is 18.1 Å². The van der Waals surface area contributed by atoms with Crippen molar-refractivity contribution >= 4 is 30.0 Å². The summed E-state index contributed by atoms with van der Waals surface area (Å²) in [6.07, 6.45) is 3.61. The van der Waals surface area contributed by atoms with Crippen LogP contribution in [0.3, 0.4) is 0 Å². The Labute approximate surface area is 117 Å². The number of piperidine rings is 1. The van der Waals surface area contributed by atoms with Gasteiger partial charge in [0.2, 0.25) is 0 Å². The summed E-state index contributed by atoms with van der Waals surface area (Å²) >= 11 is 5.78. The van der Waals surface area contributed by atoms with E-state index in [4.69, 9.17) is 16.3 Å². The molecule has 2 heterocycles. The highest BCUT2D eigenvalue weighted by Gasteiger charge is 2.16. The second-order valence-electron chi connectivity index (χ2n) is 4.15. The van der Waals surface area contributed by atoms with E-state index in [9.17, 15) is 4.79 Å².